The van der Waals surface area contributed by atoms with Gasteiger partial charge < -0.3 is 0 Å². The molecule has 0 bridgehead atoms. The lowest BCUT2D eigenvalue weighted by Crippen LogP contribution is -2.33. The second kappa shape index (κ2) is 11.0. The molecule has 0 saturated carbocycles. The Morgan fingerprint density at radius 1 is 0.895 bits per heavy atom. The molecule has 0 radical (unpaired) electrons. The van der Waals surface area contributed by atoms with E-state index in [-0.39, 0.29) is 0 Å². The van der Waals surface area contributed by atoms with E-state index in [1.54, 1.807) is 0 Å². The van der Waals surface area contributed by atoms with Crippen LogP contribution in [-0.2, 0) is 0 Å². The van der Waals surface area contributed by atoms with Crippen LogP contribution >= 0.6 is 22.2 Å². The summed E-state index contributed by atoms with van der Waals surface area (Å²) in [5.74, 6) is 0. The van der Waals surface area contributed by atoms with E-state index in [2.05, 4.69) is 27.0 Å². The van der Waals surface area contributed by atoms with Crippen molar-refractivity contribution in [1.82, 2.24) is 0 Å². The number of halogens is 2. The van der Waals surface area contributed by atoms with Gasteiger partial charge in [0.05, 0.1) is 0 Å². The molecular weight excluding hydrogens is 291 g/mol. The first-order valence-electron chi connectivity index (χ1n) is 7.64. The summed E-state index contributed by atoms with van der Waals surface area (Å²) in [6.07, 6.45) is 13.0. The van der Waals surface area contributed by atoms with Gasteiger partial charge in [-0.25, -0.2) is 0 Å². The monoisotopic (exact) mass is 320 g/mol. The van der Waals surface area contributed by atoms with E-state index >= 15 is 0 Å². The van der Waals surface area contributed by atoms with Gasteiger partial charge in [0, 0.05) is 0 Å². The van der Waals surface area contributed by atoms with Crippen LogP contribution in [0.3, 0.4) is 0 Å². The van der Waals surface area contributed by atoms with Crippen LogP contribution in [-0.4, -0.2) is 6.69 Å². The van der Waals surface area contributed by atoms with Gasteiger partial charge in [-0.1, -0.05) is 51.7 Å². The third-order valence-corrected chi connectivity index (χ3v) is 11.3. The van der Waals surface area contributed by atoms with Crippen molar-refractivity contribution < 1.29 is 0 Å². The predicted molar refractivity (Wildman–Crippen MR) is 93.6 cm³/mol. The van der Waals surface area contributed by atoms with E-state index in [1.165, 1.54) is 12.8 Å². The average Bonchev–Trinajstić information content (AvgIpc) is 2.39. The molecule has 0 aliphatic rings. The van der Waals surface area contributed by atoms with Gasteiger partial charge in [0.15, 0.2) is 0 Å². The Balaban J connectivity index is 4.53. The standard InChI is InChI=1S/C16H30Cl2Si/c1-5-9-11-13-15(7-3)19(17,18)16(8-4)14-12-10-6-2/h5-6,15-16H,1-2,7-14H2,3-4H3. The van der Waals surface area contributed by atoms with Gasteiger partial charge >= 0.3 is 0 Å². The fraction of sp³-hybridized carbons (Fsp3) is 0.750. The highest BCUT2D eigenvalue weighted by molar-refractivity contribution is 7.46. The minimum atomic E-state index is -2.19. The zero-order valence-corrected chi connectivity index (χ0v) is 15.1. The highest BCUT2D eigenvalue weighted by Crippen LogP contribution is 2.48. The van der Waals surface area contributed by atoms with Crippen LogP contribution in [0.15, 0.2) is 25.3 Å². The Labute approximate surface area is 130 Å². The van der Waals surface area contributed by atoms with Gasteiger partial charge in [-0.15, -0.1) is 35.3 Å². The smallest absolute Gasteiger partial charge is 0.145 e. The number of hydrogen-bond donors (Lipinski definition) is 0. The van der Waals surface area contributed by atoms with Crippen molar-refractivity contribution in [2.45, 2.75) is 76.3 Å². The van der Waals surface area contributed by atoms with Crippen molar-refractivity contribution >= 4 is 28.9 Å². The normalized spacial score (nSPS) is 14.9. The number of rotatable bonds is 12. The molecule has 0 amide bonds. The topological polar surface area (TPSA) is 0 Å². The van der Waals surface area contributed by atoms with Crippen LogP contribution in [0.1, 0.15) is 65.2 Å². The van der Waals surface area contributed by atoms with Crippen molar-refractivity contribution in [3.05, 3.63) is 25.3 Å². The second-order valence-corrected chi connectivity index (χ2v) is 12.6. The third-order valence-electron chi connectivity index (χ3n) is 4.00. The summed E-state index contributed by atoms with van der Waals surface area (Å²) in [6, 6.07) is 0. The Bertz CT molecular complexity index is 227. The molecule has 0 N–H and O–H groups in total. The molecule has 2 atom stereocenters. The molecule has 0 fully saturated rings. The van der Waals surface area contributed by atoms with Crippen LogP contribution in [0.2, 0.25) is 11.1 Å². The summed E-state index contributed by atoms with van der Waals surface area (Å²) in [7, 11) is 0. The first-order chi connectivity index (χ1) is 9.04. The molecule has 0 aromatic rings. The van der Waals surface area contributed by atoms with Crippen molar-refractivity contribution in [2.24, 2.45) is 0 Å². The largest absolute Gasteiger partial charge is 0.257 e. The van der Waals surface area contributed by atoms with Crippen molar-refractivity contribution in [3.63, 3.8) is 0 Å². The van der Waals surface area contributed by atoms with E-state index in [0.29, 0.717) is 11.1 Å². The number of allylic oxidation sites excluding steroid dienone is 2. The maximum atomic E-state index is 6.88. The van der Waals surface area contributed by atoms with E-state index in [4.69, 9.17) is 22.2 Å². The Morgan fingerprint density at radius 3 is 1.53 bits per heavy atom. The van der Waals surface area contributed by atoms with Crippen LogP contribution in [0.25, 0.3) is 0 Å². The summed E-state index contributed by atoms with van der Waals surface area (Å²) >= 11 is 13.8. The lowest BCUT2D eigenvalue weighted by Gasteiger charge is -2.34. The van der Waals surface area contributed by atoms with Gasteiger partial charge in [0.25, 0.3) is 6.69 Å². The van der Waals surface area contributed by atoms with Gasteiger partial charge in [-0.2, -0.15) is 0 Å². The van der Waals surface area contributed by atoms with Crippen molar-refractivity contribution in [2.75, 3.05) is 0 Å². The summed E-state index contributed by atoms with van der Waals surface area (Å²) in [5, 5.41) is 0. The van der Waals surface area contributed by atoms with Crippen LogP contribution < -0.4 is 0 Å². The van der Waals surface area contributed by atoms with Crippen LogP contribution in [0.4, 0.5) is 0 Å². The Hall–Kier alpha value is 0.277. The fourth-order valence-corrected chi connectivity index (χ4v) is 8.78. The fourth-order valence-electron chi connectivity index (χ4n) is 2.69. The Kier molecular flexibility index (Phi) is 11.2. The number of unbranched alkanes of at least 4 members (excludes halogenated alkanes) is 2. The summed E-state index contributed by atoms with van der Waals surface area (Å²) in [5.41, 5.74) is 1.04. The molecule has 0 heterocycles. The molecule has 0 aliphatic heterocycles. The molecule has 3 heteroatoms. The molecule has 0 nitrogen and oxygen atoms in total. The van der Waals surface area contributed by atoms with Gasteiger partial charge in [-0.05, 0) is 36.8 Å². The predicted octanol–water partition coefficient (Wildman–Crippen LogP) is 7.18. The third kappa shape index (κ3) is 7.01. The highest BCUT2D eigenvalue weighted by Gasteiger charge is 2.43. The maximum absolute atomic E-state index is 6.88. The molecule has 2 unspecified atom stereocenters. The molecular formula is C16H30Cl2Si. The van der Waals surface area contributed by atoms with Gasteiger partial charge in [0.2, 0.25) is 0 Å². The minimum absolute atomic E-state index is 0.518. The lowest BCUT2D eigenvalue weighted by molar-refractivity contribution is 0.614. The Morgan fingerprint density at radius 2 is 1.26 bits per heavy atom. The van der Waals surface area contributed by atoms with Crippen LogP contribution in [0.5, 0.6) is 0 Å². The molecule has 0 rings (SSSR count). The number of hydrogen-bond acceptors (Lipinski definition) is 0. The summed E-state index contributed by atoms with van der Waals surface area (Å²) in [6.45, 7) is 9.83. The van der Waals surface area contributed by atoms with Gasteiger partial charge in [-0.3, -0.25) is 0 Å². The molecule has 0 aliphatic carbocycles. The molecule has 0 saturated heterocycles. The van der Waals surface area contributed by atoms with E-state index in [9.17, 15) is 0 Å². The highest BCUT2D eigenvalue weighted by atomic mass is 35.7. The first-order valence-corrected chi connectivity index (χ1v) is 11.8. The van der Waals surface area contributed by atoms with Crippen molar-refractivity contribution in [3.8, 4) is 0 Å². The van der Waals surface area contributed by atoms with E-state index < -0.39 is 6.69 Å². The molecule has 0 aromatic heterocycles. The molecule has 0 spiro atoms. The van der Waals surface area contributed by atoms with Gasteiger partial charge in [0.1, 0.15) is 0 Å². The van der Waals surface area contributed by atoms with E-state index in [0.717, 1.165) is 38.5 Å². The average molecular weight is 321 g/mol. The zero-order chi connectivity index (χ0) is 14.7. The van der Waals surface area contributed by atoms with Crippen molar-refractivity contribution in [1.29, 1.82) is 0 Å². The second-order valence-electron chi connectivity index (χ2n) is 5.32. The molecule has 112 valence electrons. The lowest BCUT2D eigenvalue weighted by atomic mass is 10.1. The van der Waals surface area contributed by atoms with Crippen LogP contribution in [0, 0.1) is 0 Å². The summed E-state index contributed by atoms with van der Waals surface area (Å²) < 4.78 is 0. The zero-order valence-electron chi connectivity index (χ0n) is 12.6. The quantitative estimate of drug-likeness (QED) is 0.154. The molecule has 19 heavy (non-hydrogen) atoms. The maximum Gasteiger partial charge on any atom is 0.257 e. The molecule has 0 aromatic carbocycles. The minimum Gasteiger partial charge on any atom is -0.145 e. The SMILES string of the molecule is C=CCCCC(CC)[Si](Cl)(Cl)C(CC)CCCC=C. The first kappa shape index (κ1) is 19.3. The summed E-state index contributed by atoms with van der Waals surface area (Å²) in [4.78, 5) is 0. The van der Waals surface area contributed by atoms with E-state index in [1.807, 2.05) is 12.2 Å².